The number of amides is 1. The second-order valence-electron chi connectivity index (χ2n) is 7.09. The molecule has 1 amide bonds. The van der Waals surface area contributed by atoms with Crippen molar-refractivity contribution in [2.75, 3.05) is 5.75 Å². The number of hydrogen-bond donors (Lipinski definition) is 1. The van der Waals surface area contributed by atoms with Crippen LogP contribution < -0.4 is 5.43 Å². The van der Waals surface area contributed by atoms with Crippen molar-refractivity contribution in [2.45, 2.75) is 12.1 Å². The first-order valence-electron chi connectivity index (χ1n) is 9.99. The number of rotatable bonds is 7. The summed E-state index contributed by atoms with van der Waals surface area (Å²) in [5, 5.41) is 14.3. The topological polar surface area (TPSA) is 72.2 Å². The molecule has 4 rings (SSSR count). The van der Waals surface area contributed by atoms with Crippen LogP contribution in [0.2, 0.25) is 10.0 Å². The molecule has 0 fully saturated rings. The number of hydrogen-bond acceptors (Lipinski definition) is 5. The molecule has 0 radical (unpaired) electrons. The van der Waals surface area contributed by atoms with Gasteiger partial charge in [0.05, 0.1) is 17.0 Å². The Balaban J connectivity index is 1.49. The van der Waals surface area contributed by atoms with Gasteiger partial charge < -0.3 is 0 Å². The number of aryl methyl sites for hydroxylation is 1. The fourth-order valence-corrected chi connectivity index (χ4v) is 4.21. The molecular formula is C24H19Cl2N5OS. The summed E-state index contributed by atoms with van der Waals surface area (Å²) in [5.41, 5.74) is 6.18. The number of carbonyl (C=O) groups is 1. The summed E-state index contributed by atoms with van der Waals surface area (Å²) in [4.78, 5) is 12.4. The highest BCUT2D eigenvalue weighted by atomic mass is 35.5. The Kier molecular flexibility index (Phi) is 7.44. The third-order valence-electron chi connectivity index (χ3n) is 4.65. The molecule has 33 heavy (non-hydrogen) atoms. The molecule has 0 saturated carbocycles. The number of aromatic nitrogens is 3. The van der Waals surface area contributed by atoms with Gasteiger partial charge in [-0.1, -0.05) is 89.1 Å². The van der Waals surface area contributed by atoms with Gasteiger partial charge in [-0.2, -0.15) is 5.10 Å². The first-order valence-corrected chi connectivity index (χ1v) is 11.7. The summed E-state index contributed by atoms with van der Waals surface area (Å²) in [6, 6.07) is 22.9. The van der Waals surface area contributed by atoms with Crippen molar-refractivity contribution in [1.29, 1.82) is 0 Å². The molecule has 0 spiro atoms. The van der Waals surface area contributed by atoms with E-state index in [0.29, 0.717) is 26.6 Å². The van der Waals surface area contributed by atoms with Crippen molar-refractivity contribution in [2.24, 2.45) is 5.10 Å². The van der Waals surface area contributed by atoms with E-state index in [-0.39, 0.29) is 11.7 Å². The minimum absolute atomic E-state index is 0.116. The molecule has 0 saturated heterocycles. The fourth-order valence-electron chi connectivity index (χ4n) is 3.01. The highest BCUT2D eigenvalue weighted by Crippen LogP contribution is 2.28. The summed E-state index contributed by atoms with van der Waals surface area (Å²) in [5.74, 6) is 0.547. The Morgan fingerprint density at radius 1 is 1.06 bits per heavy atom. The van der Waals surface area contributed by atoms with Crippen LogP contribution in [0, 0.1) is 6.92 Å². The van der Waals surface area contributed by atoms with Crippen molar-refractivity contribution >= 4 is 47.1 Å². The van der Waals surface area contributed by atoms with E-state index >= 15 is 0 Å². The van der Waals surface area contributed by atoms with Gasteiger partial charge in [-0.3, -0.25) is 9.36 Å². The van der Waals surface area contributed by atoms with Crippen LogP contribution in [0.25, 0.3) is 17.1 Å². The van der Waals surface area contributed by atoms with E-state index in [0.717, 1.165) is 16.8 Å². The average molecular weight is 496 g/mol. The molecule has 1 aromatic heterocycles. The Bertz CT molecular complexity index is 1290. The zero-order valence-corrected chi connectivity index (χ0v) is 19.9. The third kappa shape index (κ3) is 5.82. The largest absolute Gasteiger partial charge is 0.272 e. The van der Waals surface area contributed by atoms with Crippen molar-refractivity contribution in [3.63, 3.8) is 0 Å². The molecule has 0 aliphatic heterocycles. The van der Waals surface area contributed by atoms with Crippen LogP contribution in [0.1, 0.15) is 11.1 Å². The Hall–Kier alpha value is -3.13. The van der Waals surface area contributed by atoms with Crippen LogP contribution in [0.15, 0.2) is 83.1 Å². The van der Waals surface area contributed by atoms with Crippen molar-refractivity contribution in [3.05, 3.63) is 94.0 Å². The lowest BCUT2D eigenvalue weighted by molar-refractivity contribution is -0.118. The molecule has 4 aromatic rings. The maximum Gasteiger partial charge on any atom is 0.250 e. The number of thioether (sulfide) groups is 1. The first-order chi connectivity index (χ1) is 16.0. The number of carbonyl (C=O) groups excluding carboxylic acids is 1. The Labute approximate surface area is 205 Å². The standard InChI is InChI=1S/C24H19Cl2N5OS/c1-16-7-9-17(10-8-16)23-29-30-24(31(23)20-5-3-2-4-6-20)33-15-22(32)28-27-14-18-11-12-19(25)13-21(18)26/h2-14H,15H2,1H3,(H,28,32)/b27-14-. The molecule has 1 heterocycles. The molecule has 0 atom stereocenters. The lowest BCUT2D eigenvalue weighted by Gasteiger charge is -2.10. The van der Waals surface area contributed by atoms with Gasteiger partial charge in [0.15, 0.2) is 11.0 Å². The SMILES string of the molecule is Cc1ccc(-c2nnc(SCC(=O)N/N=C\c3ccc(Cl)cc3Cl)n2-c2ccccc2)cc1. The van der Waals surface area contributed by atoms with Crippen molar-refractivity contribution in [3.8, 4) is 17.1 Å². The van der Waals surface area contributed by atoms with Gasteiger partial charge in [-0.05, 0) is 31.2 Å². The second-order valence-corrected chi connectivity index (χ2v) is 8.88. The van der Waals surface area contributed by atoms with Crippen LogP contribution in [0.4, 0.5) is 0 Å². The van der Waals surface area contributed by atoms with Crippen LogP contribution >= 0.6 is 35.0 Å². The smallest absolute Gasteiger partial charge is 0.250 e. The van der Waals surface area contributed by atoms with E-state index in [2.05, 4.69) is 20.7 Å². The highest BCUT2D eigenvalue weighted by molar-refractivity contribution is 7.99. The van der Waals surface area contributed by atoms with Crippen molar-refractivity contribution in [1.82, 2.24) is 20.2 Å². The number of nitrogens with zero attached hydrogens (tertiary/aromatic N) is 4. The first kappa shape index (κ1) is 23.0. The molecule has 6 nitrogen and oxygen atoms in total. The van der Waals surface area contributed by atoms with Gasteiger partial charge in [-0.25, -0.2) is 5.43 Å². The molecule has 1 N–H and O–H groups in total. The molecule has 0 bridgehead atoms. The number of halogens is 2. The quantitative estimate of drug-likeness (QED) is 0.200. The number of para-hydroxylation sites is 1. The maximum atomic E-state index is 12.4. The summed E-state index contributed by atoms with van der Waals surface area (Å²) in [7, 11) is 0. The zero-order valence-electron chi connectivity index (χ0n) is 17.6. The number of nitrogens with one attached hydrogen (secondary N) is 1. The van der Waals surface area contributed by atoms with Gasteiger partial charge in [0, 0.05) is 21.8 Å². The number of benzene rings is 3. The van der Waals surface area contributed by atoms with E-state index in [1.807, 2.05) is 66.1 Å². The van der Waals surface area contributed by atoms with E-state index in [4.69, 9.17) is 23.2 Å². The van der Waals surface area contributed by atoms with Gasteiger partial charge in [0.2, 0.25) is 0 Å². The molecular weight excluding hydrogens is 477 g/mol. The third-order valence-corrected chi connectivity index (χ3v) is 6.14. The molecule has 3 aromatic carbocycles. The monoisotopic (exact) mass is 495 g/mol. The van der Waals surface area contributed by atoms with Gasteiger partial charge in [0.1, 0.15) is 0 Å². The van der Waals surface area contributed by atoms with E-state index in [1.165, 1.54) is 18.0 Å². The number of hydrazone groups is 1. The van der Waals surface area contributed by atoms with E-state index in [1.54, 1.807) is 18.2 Å². The van der Waals surface area contributed by atoms with Gasteiger partial charge in [-0.15, -0.1) is 10.2 Å². The normalized spacial score (nSPS) is 11.1. The average Bonchev–Trinajstić information content (AvgIpc) is 3.24. The van der Waals surface area contributed by atoms with Crippen molar-refractivity contribution < 1.29 is 4.79 Å². The minimum atomic E-state index is -0.277. The summed E-state index contributed by atoms with van der Waals surface area (Å²) >= 11 is 13.3. The predicted molar refractivity (Wildman–Crippen MR) is 134 cm³/mol. The van der Waals surface area contributed by atoms with Crippen LogP contribution in [0.3, 0.4) is 0 Å². The highest BCUT2D eigenvalue weighted by Gasteiger charge is 2.17. The molecule has 0 unspecified atom stereocenters. The minimum Gasteiger partial charge on any atom is -0.272 e. The van der Waals surface area contributed by atoms with E-state index < -0.39 is 0 Å². The second kappa shape index (κ2) is 10.7. The van der Waals surface area contributed by atoms with Gasteiger partial charge >= 0.3 is 0 Å². The lowest BCUT2D eigenvalue weighted by Crippen LogP contribution is -2.20. The van der Waals surface area contributed by atoms with E-state index in [9.17, 15) is 4.79 Å². The summed E-state index contributed by atoms with van der Waals surface area (Å²) in [6.07, 6.45) is 1.48. The molecule has 0 aliphatic rings. The van der Waals surface area contributed by atoms with Gasteiger partial charge in [0.25, 0.3) is 5.91 Å². The van der Waals surface area contributed by atoms with Crippen LogP contribution in [0.5, 0.6) is 0 Å². The molecule has 9 heteroatoms. The predicted octanol–water partition coefficient (Wildman–Crippen LogP) is 5.79. The fraction of sp³-hybridized carbons (Fsp3) is 0.0833. The molecule has 0 aliphatic carbocycles. The Morgan fingerprint density at radius 2 is 1.82 bits per heavy atom. The summed E-state index contributed by atoms with van der Waals surface area (Å²) < 4.78 is 1.94. The lowest BCUT2D eigenvalue weighted by atomic mass is 10.1. The van der Waals surface area contributed by atoms with Crippen LogP contribution in [-0.4, -0.2) is 32.6 Å². The molecule has 166 valence electrons. The summed E-state index contributed by atoms with van der Waals surface area (Å²) in [6.45, 7) is 2.04. The maximum absolute atomic E-state index is 12.4. The Morgan fingerprint density at radius 3 is 2.55 bits per heavy atom. The van der Waals surface area contributed by atoms with Crippen LogP contribution in [-0.2, 0) is 4.79 Å². The zero-order chi connectivity index (χ0) is 23.2.